The van der Waals surface area contributed by atoms with Crippen LogP contribution in [0.1, 0.15) is 48.0 Å². The van der Waals surface area contributed by atoms with Crippen molar-refractivity contribution in [2.45, 2.75) is 78.5 Å². The van der Waals surface area contributed by atoms with E-state index in [4.69, 9.17) is 9.16 Å². The van der Waals surface area contributed by atoms with Crippen LogP contribution in [0.3, 0.4) is 0 Å². The van der Waals surface area contributed by atoms with Crippen LogP contribution < -0.4 is 0 Å². The van der Waals surface area contributed by atoms with Gasteiger partial charge in [-0.1, -0.05) is 20.8 Å². The lowest BCUT2D eigenvalue weighted by molar-refractivity contribution is -0.119. The summed E-state index contributed by atoms with van der Waals surface area (Å²) in [5.74, 6) is 0.0979. The highest BCUT2D eigenvalue weighted by Gasteiger charge is 2.57. The van der Waals surface area contributed by atoms with E-state index in [0.717, 1.165) is 0 Å². The standard InChI is InChI=1S/C17H32N2O4Si/c1-15(2,3)12-9-17(13(20)10-18,23-24(7)8)19(11-12)14(21)22-16(4,5)6/h12-13,20,24H,9,11H2,1-8H3/t12-,13?,17-/m0/s1. The van der Waals surface area contributed by atoms with Crippen LogP contribution in [0.15, 0.2) is 0 Å². The van der Waals surface area contributed by atoms with Crippen molar-refractivity contribution in [1.29, 1.82) is 5.26 Å². The SMILES string of the molecule is C[SiH](C)O[C@]1(C(O)C#N)C[C@H](C(C)(C)C)CN1C(=O)OC(C)(C)C. The maximum absolute atomic E-state index is 12.8. The lowest BCUT2D eigenvalue weighted by Crippen LogP contribution is -2.59. The maximum atomic E-state index is 12.8. The number of aliphatic hydroxyl groups excluding tert-OH is 1. The van der Waals surface area contributed by atoms with Gasteiger partial charge in [-0.15, -0.1) is 0 Å². The van der Waals surface area contributed by atoms with Crippen LogP contribution in [0.25, 0.3) is 0 Å². The Morgan fingerprint density at radius 3 is 2.25 bits per heavy atom. The Balaban J connectivity index is 3.31. The summed E-state index contributed by atoms with van der Waals surface area (Å²) in [4.78, 5) is 14.2. The second-order valence-electron chi connectivity index (χ2n) is 8.90. The summed E-state index contributed by atoms with van der Waals surface area (Å²) in [6, 6.07) is 1.88. The third-order valence-corrected chi connectivity index (χ3v) is 5.11. The maximum Gasteiger partial charge on any atom is 0.412 e. The number of aliphatic hydroxyl groups is 1. The quantitative estimate of drug-likeness (QED) is 0.621. The Labute approximate surface area is 147 Å². The molecule has 0 radical (unpaired) electrons. The van der Waals surface area contributed by atoms with E-state index in [1.165, 1.54) is 4.90 Å². The number of amides is 1. The number of carbonyl (C=O) groups excluding carboxylic acids is 1. The van der Waals surface area contributed by atoms with Gasteiger partial charge < -0.3 is 14.3 Å². The van der Waals surface area contributed by atoms with E-state index in [9.17, 15) is 15.2 Å². The zero-order chi connectivity index (χ0) is 18.9. The first-order chi connectivity index (χ1) is 10.7. The lowest BCUT2D eigenvalue weighted by atomic mass is 9.78. The van der Waals surface area contributed by atoms with Gasteiger partial charge in [0.25, 0.3) is 0 Å². The van der Waals surface area contributed by atoms with Crippen molar-refractivity contribution in [2.75, 3.05) is 6.54 Å². The van der Waals surface area contributed by atoms with Crippen molar-refractivity contribution in [2.24, 2.45) is 11.3 Å². The van der Waals surface area contributed by atoms with E-state index in [1.807, 2.05) is 19.2 Å². The number of ether oxygens (including phenoxy) is 1. The largest absolute Gasteiger partial charge is 0.444 e. The molecule has 0 aromatic rings. The fourth-order valence-electron chi connectivity index (χ4n) is 2.97. The average Bonchev–Trinajstić information content (AvgIpc) is 2.75. The summed E-state index contributed by atoms with van der Waals surface area (Å²) in [7, 11) is -1.64. The Morgan fingerprint density at radius 2 is 1.88 bits per heavy atom. The molecule has 0 saturated carbocycles. The molecule has 0 aromatic heterocycles. The van der Waals surface area contributed by atoms with Crippen molar-refractivity contribution in [3.8, 4) is 6.07 Å². The molecule has 1 heterocycles. The minimum absolute atomic E-state index is 0.0842. The van der Waals surface area contributed by atoms with E-state index in [1.54, 1.807) is 20.8 Å². The molecular weight excluding hydrogens is 324 g/mol. The number of carbonyl (C=O) groups is 1. The first-order valence-corrected chi connectivity index (χ1v) is 11.3. The van der Waals surface area contributed by atoms with Gasteiger partial charge in [-0.3, -0.25) is 4.90 Å². The van der Waals surface area contributed by atoms with Crippen molar-refractivity contribution in [3.63, 3.8) is 0 Å². The zero-order valence-electron chi connectivity index (χ0n) is 16.2. The van der Waals surface area contributed by atoms with Crippen LogP contribution in [0.2, 0.25) is 13.1 Å². The molecule has 0 aromatic carbocycles. The highest BCUT2D eigenvalue weighted by molar-refractivity contribution is 6.48. The number of hydrogen-bond acceptors (Lipinski definition) is 5. The summed E-state index contributed by atoms with van der Waals surface area (Å²) in [6.45, 7) is 16.0. The highest BCUT2D eigenvalue weighted by atomic mass is 28.3. The highest BCUT2D eigenvalue weighted by Crippen LogP contribution is 2.45. The van der Waals surface area contributed by atoms with Crippen molar-refractivity contribution in [1.82, 2.24) is 4.90 Å². The van der Waals surface area contributed by atoms with Crippen LogP contribution >= 0.6 is 0 Å². The van der Waals surface area contributed by atoms with Crippen LogP contribution in [0.4, 0.5) is 4.79 Å². The summed E-state index contributed by atoms with van der Waals surface area (Å²) >= 11 is 0. The predicted octanol–water partition coefficient (Wildman–Crippen LogP) is 2.87. The van der Waals surface area contributed by atoms with Crippen molar-refractivity contribution < 1.29 is 19.1 Å². The first kappa shape index (κ1) is 20.9. The third kappa shape index (κ3) is 4.71. The minimum Gasteiger partial charge on any atom is -0.444 e. The molecule has 0 aliphatic carbocycles. The van der Waals surface area contributed by atoms with E-state index < -0.39 is 32.6 Å². The molecule has 1 aliphatic rings. The van der Waals surface area contributed by atoms with Gasteiger partial charge in [0.15, 0.2) is 20.9 Å². The fourth-order valence-corrected chi connectivity index (χ4v) is 4.14. The Hall–Kier alpha value is -1.10. The topological polar surface area (TPSA) is 82.8 Å². The summed E-state index contributed by atoms with van der Waals surface area (Å²) in [5, 5.41) is 19.8. The van der Waals surface area contributed by atoms with Gasteiger partial charge in [-0.2, -0.15) is 5.26 Å². The molecule has 24 heavy (non-hydrogen) atoms. The molecule has 3 atom stereocenters. The van der Waals surface area contributed by atoms with E-state index in [2.05, 4.69) is 20.8 Å². The summed E-state index contributed by atoms with van der Waals surface area (Å²) in [5.41, 5.74) is -2.07. The smallest absolute Gasteiger partial charge is 0.412 e. The van der Waals surface area contributed by atoms with Crippen LogP contribution in [-0.4, -0.2) is 49.1 Å². The molecule has 1 saturated heterocycles. The Morgan fingerprint density at radius 1 is 1.33 bits per heavy atom. The van der Waals surface area contributed by atoms with Gasteiger partial charge in [0.05, 0.1) is 6.07 Å². The number of nitriles is 1. The molecule has 1 fully saturated rings. The molecule has 1 rings (SSSR count). The predicted molar refractivity (Wildman–Crippen MR) is 94.8 cm³/mol. The molecular formula is C17H32N2O4Si. The van der Waals surface area contributed by atoms with Crippen molar-refractivity contribution in [3.05, 3.63) is 0 Å². The molecule has 0 spiro atoms. The summed E-state index contributed by atoms with van der Waals surface area (Å²) < 4.78 is 11.6. The molecule has 6 nitrogen and oxygen atoms in total. The second kappa shape index (κ2) is 7.02. The lowest BCUT2D eigenvalue weighted by Gasteiger charge is -2.41. The van der Waals surface area contributed by atoms with Crippen molar-refractivity contribution >= 4 is 15.1 Å². The number of rotatable bonds is 3. The molecule has 1 aliphatic heterocycles. The normalized spacial score (nSPS) is 26.4. The number of likely N-dealkylation sites (tertiary alicyclic amines) is 1. The van der Waals surface area contributed by atoms with E-state index in [0.29, 0.717) is 13.0 Å². The number of hydrogen-bond donors (Lipinski definition) is 1. The minimum atomic E-state index is -1.64. The van der Waals surface area contributed by atoms with E-state index >= 15 is 0 Å². The summed E-state index contributed by atoms with van der Waals surface area (Å²) in [6.07, 6.45) is -1.53. The molecule has 1 N–H and O–H groups in total. The second-order valence-corrected chi connectivity index (χ2v) is 11.2. The Bertz CT molecular complexity index is 504. The van der Waals surface area contributed by atoms with Gasteiger partial charge >= 0.3 is 6.09 Å². The van der Waals surface area contributed by atoms with Gasteiger partial charge in [0.2, 0.25) is 0 Å². The number of nitrogens with zero attached hydrogens (tertiary/aromatic N) is 2. The van der Waals surface area contributed by atoms with Crippen LogP contribution in [0.5, 0.6) is 0 Å². The molecule has 0 bridgehead atoms. The van der Waals surface area contributed by atoms with Gasteiger partial charge in [-0.25, -0.2) is 4.79 Å². The monoisotopic (exact) mass is 356 g/mol. The molecule has 7 heteroatoms. The fraction of sp³-hybridized carbons (Fsp3) is 0.882. The van der Waals surface area contributed by atoms with Gasteiger partial charge in [-0.05, 0) is 45.2 Å². The van der Waals surface area contributed by atoms with Gasteiger partial charge in [0, 0.05) is 13.0 Å². The van der Waals surface area contributed by atoms with Crippen LogP contribution in [-0.2, 0) is 9.16 Å². The van der Waals surface area contributed by atoms with E-state index in [-0.39, 0.29) is 11.3 Å². The molecule has 138 valence electrons. The zero-order valence-corrected chi connectivity index (χ0v) is 17.4. The van der Waals surface area contributed by atoms with Gasteiger partial charge in [0.1, 0.15) is 5.60 Å². The molecule has 1 unspecified atom stereocenters. The average molecular weight is 357 g/mol. The molecule has 1 amide bonds. The van der Waals surface area contributed by atoms with Crippen LogP contribution in [0, 0.1) is 22.7 Å². The first-order valence-electron chi connectivity index (χ1n) is 8.49. The third-order valence-electron chi connectivity index (χ3n) is 4.23. The Kier molecular flexibility index (Phi) is 6.13.